The molecule has 1 aliphatic heterocycles. The van der Waals surface area contributed by atoms with Gasteiger partial charge in [0.15, 0.2) is 0 Å². The number of carbonyl (C=O) groups is 3. The highest BCUT2D eigenvalue weighted by Gasteiger charge is 2.38. The molecule has 0 aliphatic carbocycles. The first-order chi connectivity index (χ1) is 17.2. The lowest BCUT2D eigenvalue weighted by molar-refractivity contribution is -0.385. The maximum Gasteiger partial charge on any atom is 0.317 e. The van der Waals surface area contributed by atoms with Gasteiger partial charge in [0.05, 0.1) is 22.0 Å². The molecule has 0 bridgehead atoms. The van der Waals surface area contributed by atoms with Gasteiger partial charge in [0.2, 0.25) is 5.75 Å². The smallest absolute Gasteiger partial charge is 0.317 e. The average molecular weight is 513 g/mol. The molecular weight excluding hydrogens is 488 g/mol. The maximum absolute atomic E-state index is 13.3. The minimum Gasteiger partial charge on any atom is -0.417 e. The van der Waals surface area contributed by atoms with Crippen molar-refractivity contribution in [2.24, 2.45) is 0 Å². The fourth-order valence-electron chi connectivity index (χ4n) is 3.82. The Balaban J connectivity index is 2.01. The van der Waals surface area contributed by atoms with Gasteiger partial charge in [-0.05, 0) is 24.3 Å². The van der Waals surface area contributed by atoms with Crippen LogP contribution in [0.25, 0.3) is 0 Å². The van der Waals surface area contributed by atoms with Crippen LogP contribution in [0, 0.1) is 10.1 Å². The summed E-state index contributed by atoms with van der Waals surface area (Å²) in [7, 11) is 0. The van der Waals surface area contributed by atoms with Gasteiger partial charge in [0.25, 0.3) is 0 Å². The second-order valence-electron chi connectivity index (χ2n) is 7.74. The molecule has 1 fully saturated rings. The summed E-state index contributed by atoms with van der Waals surface area (Å²) >= 11 is 6.23. The first kappa shape index (κ1) is 26.4. The molecule has 1 aliphatic rings. The fraction of sp³-hybridized carbons (Fsp3) is 0.240. The van der Waals surface area contributed by atoms with Crippen molar-refractivity contribution >= 4 is 52.1 Å². The molecule has 0 N–H and O–H groups in total. The number of hydrogen-bond donors (Lipinski definition) is 0. The van der Waals surface area contributed by atoms with E-state index in [-0.39, 0.29) is 30.9 Å². The van der Waals surface area contributed by atoms with E-state index in [4.69, 9.17) is 16.3 Å². The molecule has 3 rings (SSSR count). The number of nitrogens with zero attached hydrogens (tertiary/aromatic N) is 4. The van der Waals surface area contributed by atoms with Crippen LogP contribution in [0.15, 0.2) is 61.7 Å². The van der Waals surface area contributed by atoms with E-state index >= 15 is 0 Å². The second kappa shape index (κ2) is 11.5. The predicted molar refractivity (Wildman–Crippen MR) is 138 cm³/mol. The molecule has 0 unspecified atom stereocenters. The van der Waals surface area contributed by atoms with E-state index in [9.17, 15) is 24.5 Å². The zero-order valence-electron chi connectivity index (χ0n) is 19.7. The van der Waals surface area contributed by atoms with Gasteiger partial charge in [-0.15, -0.1) is 13.2 Å². The third kappa shape index (κ3) is 5.38. The van der Waals surface area contributed by atoms with Gasteiger partial charge in [-0.2, -0.15) is 0 Å². The van der Waals surface area contributed by atoms with Crippen LogP contribution >= 0.6 is 11.6 Å². The summed E-state index contributed by atoms with van der Waals surface area (Å²) in [6.45, 7) is 10.1. The summed E-state index contributed by atoms with van der Waals surface area (Å²) < 4.78 is 5.21. The van der Waals surface area contributed by atoms with E-state index in [0.717, 1.165) is 11.0 Å². The predicted octanol–water partition coefficient (Wildman–Crippen LogP) is 4.12. The van der Waals surface area contributed by atoms with E-state index in [1.807, 2.05) is 4.90 Å². The number of rotatable bonds is 10. The van der Waals surface area contributed by atoms with Gasteiger partial charge in [0.1, 0.15) is 0 Å². The van der Waals surface area contributed by atoms with Crippen LogP contribution in [-0.2, 0) is 14.4 Å². The normalized spacial score (nSPS) is 13.4. The minimum absolute atomic E-state index is 0.00269. The maximum atomic E-state index is 13.3. The van der Waals surface area contributed by atoms with Crippen LogP contribution < -0.4 is 19.4 Å². The van der Waals surface area contributed by atoms with Crippen molar-refractivity contribution in [3.05, 3.63) is 76.8 Å². The Labute approximate surface area is 213 Å². The zero-order valence-corrected chi connectivity index (χ0v) is 20.4. The van der Waals surface area contributed by atoms with Crippen molar-refractivity contribution < 1.29 is 24.0 Å². The monoisotopic (exact) mass is 512 g/mol. The van der Waals surface area contributed by atoms with E-state index < -0.39 is 28.4 Å². The Morgan fingerprint density at radius 3 is 2.28 bits per heavy atom. The first-order valence-electron chi connectivity index (χ1n) is 11.1. The van der Waals surface area contributed by atoms with Crippen molar-refractivity contribution in [3.8, 4) is 5.75 Å². The highest BCUT2D eigenvalue weighted by Crippen LogP contribution is 2.40. The molecule has 1 heterocycles. The number of esters is 1. The number of piperazine rings is 1. The second-order valence-corrected chi connectivity index (χ2v) is 8.18. The molecule has 2 aromatic rings. The number of para-hydroxylation sites is 1. The number of ether oxygens (including phenoxy) is 1. The molecule has 0 saturated carbocycles. The van der Waals surface area contributed by atoms with Gasteiger partial charge in [-0.25, -0.2) is 0 Å². The topological polar surface area (TPSA) is 113 Å². The lowest BCUT2D eigenvalue weighted by atomic mass is 10.1. The Morgan fingerprint density at radius 1 is 1.11 bits per heavy atom. The lowest BCUT2D eigenvalue weighted by Gasteiger charge is -2.36. The number of benzene rings is 2. The minimum atomic E-state index is -0.930. The van der Waals surface area contributed by atoms with Crippen molar-refractivity contribution in [1.82, 2.24) is 0 Å². The first-order valence-corrected chi connectivity index (χ1v) is 11.5. The zero-order chi connectivity index (χ0) is 26.4. The third-order valence-corrected chi connectivity index (χ3v) is 5.69. The molecule has 0 spiro atoms. The molecule has 36 heavy (non-hydrogen) atoms. The Hall–Kier alpha value is -4.18. The summed E-state index contributed by atoms with van der Waals surface area (Å²) in [6, 6.07) is 8.94. The number of nitro benzene ring substituents is 1. The summed E-state index contributed by atoms with van der Waals surface area (Å²) in [4.78, 5) is 53.7. The number of hydrogen-bond acceptors (Lipinski definition) is 7. The molecule has 188 valence electrons. The molecule has 2 aromatic carbocycles. The van der Waals surface area contributed by atoms with Crippen LogP contribution in [0.1, 0.15) is 13.3 Å². The number of halogens is 1. The number of carbonyl (C=O) groups excluding carboxylic acids is 3. The molecule has 0 atom stereocenters. The van der Waals surface area contributed by atoms with Crippen LogP contribution in [-0.4, -0.2) is 48.9 Å². The van der Waals surface area contributed by atoms with Crippen molar-refractivity contribution in [2.45, 2.75) is 13.3 Å². The molecule has 11 heteroatoms. The molecular formula is C25H25ClN4O6. The number of anilines is 3. The van der Waals surface area contributed by atoms with Gasteiger partial charge in [-0.1, -0.05) is 36.7 Å². The van der Waals surface area contributed by atoms with Crippen LogP contribution in [0.5, 0.6) is 5.75 Å². The summed E-state index contributed by atoms with van der Waals surface area (Å²) in [6.07, 6.45) is 3.37. The van der Waals surface area contributed by atoms with Crippen LogP contribution in [0.4, 0.5) is 22.7 Å². The third-order valence-electron chi connectivity index (χ3n) is 5.45. The summed E-state index contributed by atoms with van der Waals surface area (Å²) in [5, 5.41) is 11.9. The Kier molecular flexibility index (Phi) is 8.44. The molecule has 0 aromatic heterocycles. The molecule has 1 saturated heterocycles. The largest absolute Gasteiger partial charge is 0.417 e. The summed E-state index contributed by atoms with van der Waals surface area (Å²) in [5.74, 6) is -2.88. The van der Waals surface area contributed by atoms with Gasteiger partial charge in [0, 0.05) is 43.7 Å². The molecule has 10 nitrogen and oxygen atoms in total. The van der Waals surface area contributed by atoms with Crippen molar-refractivity contribution in [3.63, 3.8) is 0 Å². The SMILES string of the molecule is C=CCN(CC=C)c1ccc(Cl)cc1N1CCN(c2cccc([N+](=O)[O-])c2OC(=O)CC)C(=O)C1=O. The van der Waals surface area contributed by atoms with Crippen molar-refractivity contribution in [2.75, 3.05) is 40.9 Å². The lowest BCUT2D eigenvalue weighted by Crippen LogP contribution is -2.55. The number of nitro groups is 1. The van der Waals surface area contributed by atoms with Gasteiger partial charge in [-0.3, -0.25) is 29.4 Å². The highest BCUT2D eigenvalue weighted by molar-refractivity contribution is 6.46. The Bertz CT molecular complexity index is 1220. The van der Waals surface area contributed by atoms with Gasteiger partial charge >= 0.3 is 23.5 Å². The Morgan fingerprint density at radius 2 is 1.72 bits per heavy atom. The average Bonchev–Trinajstić information content (AvgIpc) is 2.85. The van der Waals surface area contributed by atoms with E-state index in [1.54, 1.807) is 30.4 Å². The van der Waals surface area contributed by atoms with Gasteiger partial charge < -0.3 is 14.5 Å². The van der Waals surface area contributed by atoms with Crippen LogP contribution in [0.2, 0.25) is 5.02 Å². The summed E-state index contributed by atoms with van der Waals surface area (Å²) in [5.41, 5.74) is 0.566. The highest BCUT2D eigenvalue weighted by atomic mass is 35.5. The van der Waals surface area contributed by atoms with Crippen molar-refractivity contribution in [1.29, 1.82) is 0 Å². The quantitative estimate of drug-likeness (QED) is 0.117. The van der Waals surface area contributed by atoms with E-state index in [0.29, 0.717) is 29.5 Å². The van der Waals surface area contributed by atoms with Crippen LogP contribution in [0.3, 0.4) is 0 Å². The number of amides is 2. The molecule has 0 radical (unpaired) electrons. The standard InChI is InChI=1S/C25H25ClN4O6/c1-4-12-27(13-5-2)18-11-10-17(26)16-21(18)29-15-14-28(24(32)25(29)33)19-8-7-9-20(30(34)35)23(19)36-22(31)6-3/h4-5,7-11,16H,1-2,6,12-15H2,3H3. The molecule has 2 amide bonds. The fourth-order valence-corrected chi connectivity index (χ4v) is 3.98. The van der Waals surface area contributed by atoms with E-state index in [2.05, 4.69) is 13.2 Å². The van der Waals surface area contributed by atoms with E-state index in [1.165, 1.54) is 24.0 Å².